The van der Waals surface area contributed by atoms with E-state index < -0.39 is 0 Å². The Morgan fingerprint density at radius 2 is 1.56 bits per heavy atom. The summed E-state index contributed by atoms with van der Waals surface area (Å²) in [6.45, 7) is 3.97. The van der Waals surface area contributed by atoms with Crippen molar-refractivity contribution in [1.82, 2.24) is 9.97 Å². The van der Waals surface area contributed by atoms with Gasteiger partial charge in [0.2, 0.25) is 0 Å². The fourth-order valence-corrected chi connectivity index (χ4v) is 2.69. The van der Waals surface area contributed by atoms with E-state index >= 15 is 0 Å². The van der Waals surface area contributed by atoms with Crippen molar-refractivity contribution in [3.63, 3.8) is 0 Å². The summed E-state index contributed by atoms with van der Waals surface area (Å²) in [5.41, 5.74) is 5.51. The quantitative estimate of drug-likeness (QED) is 0.292. The topological polar surface area (TPSA) is 25.8 Å². The second-order valence-corrected chi connectivity index (χ2v) is 5.89. The van der Waals surface area contributed by atoms with Gasteiger partial charge < -0.3 is 4.98 Å². The Hall–Kier alpha value is -2.61. The average Bonchev–Trinajstić information content (AvgIpc) is 2.70. The minimum atomic E-state index is 0. The first-order chi connectivity index (χ1) is 12.8. The molecule has 2 aromatic carbocycles. The van der Waals surface area contributed by atoms with E-state index in [4.69, 9.17) is 0 Å². The summed E-state index contributed by atoms with van der Waals surface area (Å²) in [4.78, 5) is 8.76. The minimum Gasteiger partial charge on any atom is -0.344 e. The summed E-state index contributed by atoms with van der Waals surface area (Å²) >= 11 is 0. The van der Waals surface area contributed by atoms with Crippen LogP contribution in [0.2, 0.25) is 0 Å². The summed E-state index contributed by atoms with van der Waals surface area (Å²) < 4.78 is 0. The van der Waals surface area contributed by atoms with E-state index in [2.05, 4.69) is 47.2 Å². The summed E-state index contributed by atoms with van der Waals surface area (Å²) in [5, 5.41) is 1.18. The minimum absolute atomic E-state index is 0. The predicted molar refractivity (Wildman–Crippen MR) is 110 cm³/mol. The molecule has 3 heteroatoms. The fraction of sp³-hybridized carbons (Fsp3) is 0.0833. The van der Waals surface area contributed by atoms with Gasteiger partial charge in [-0.3, -0.25) is 11.1 Å². The molecule has 0 saturated heterocycles. The molecule has 0 bridgehead atoms. The van der Waals surface area contributed by atoms with Gasteiger partial charge in [0.25, 0.3) is 0 Å². The Kier molecular flexibility index (Phi) is 8.06. The molecular weight excluding hydrogens is 508 g/mol. The third kappa shape index (κ3) is 5.68. The molecule has 0 unspecified atom stereocenters. The number of hydrogen-bond donors (Lipinski definition) is 0. The van der Waals surface area contributed by atoms with E-state index in [1.807, 2.05) is 73.8 Å². The van der Waals surface area contributed by atoms with Crippen molar-refractivity contribution >= 4 is 17.0 Å². The van der Waals surface area contributed by atoms with Gasteiger partial charge in [0, 0.05) is 37.4 Å². The number of benzene rings is 2. The van der Waals surface area contributed by atoms with Gasteiger partial charge in [-0.15, -0.1) is 13.0 Å². The molecule has 0 aliphatic heterocycles. The van der Waals surface area contributed by atoms with Gasteiger partial charge in [-0.25, -0.2) is 6.08 Å². The third-order valence-electron chi connectivity index (χ3n) is 4.00. The molecule has 4 aromatic rings. The van der Waals surface area contributed by atoms with Crippen molar-refractivity contribution in [3.8, 4) is 11.3 Å². The van der Waals surface area contributed by atoms with Crippen molar-refractivity contribution in [2.45, 2.75) is 13.8 Å². The predicted octanol–water partition coefficient (Wildman–Crippen LogP) is 6.13. The molecule has 0 aliphatic carbocycles. The van der Waals surface area contributed by atoms with E-state index in [-0.39, 0.29) is 20.1 Å². The molecule has 0 spiro atoms. The van der Waals surface area contributed by atoms with Crippen molar-refractivity contribution in [1.29, 1.82) is 0 Å². The van der Waals surface area contributed by atoms with E-state index in [0.717, 1.165) is 16.9 Å². The Morgan fingerprint density at radius 3 is 2.30 bits per heavy atom. The van der Waals surface area contributed by atoms with Crippen LogP contribution >= 0.6 is 0 Å². The standard InChI is InChI=1S/C12H11N.C12H10N.Ir/c1-10-6-2-3-7-11(10)12-8-4-5-9-13-12;1-2-5-11-9-8-10-6-3-4-7-12(10)13-11;/h2-9H,1H3;3-9H,1H3;/q;-1;. The van der Waals surface area contributed by atoms with Gasteiger partial charge in [-0.2, -0.15) is 0 Å². The van der Waals surface area contributed by atoms with Gasteiger partial charge in [-0.1, -0.05) is 60.3 Å². The molecule has 2 aromatic heterocycles. The maximum atomic E-state index is 4.45. The smallest absolute Gasteiger partial charge is 0.0704 e. The summed E-state index contributed by atoms with van der Waals surface area (Å²) in [6, 6.07) is 26.4. The van der Waals surface area contributed by atoms with Gasteiger partial charge in [-0.05, 0) is 36.1 Å². The SMILES string of the molecule is C[C-]=Cc1ccc2ccccc2n1.Cc1ccccc1-c1ccccn1.[Ir]. The fourth-order valence-electron chi connectivity index (χ4n) is 2.69. The number of pyridine rings is 2. The first kappa shape index (κ1) is 20.7. The van der Waals surface area contributed by atoms with Crippen LogP contribution in [0.1, 0.15) is 18.2 Å². The number of hydrogen-bond acceptors (Lipinski definition) is 2. The number of fused-ring (bicyclic) bond motifs is 1. The van der Waals surface area contributed by atoms with E-state index in [9.17, 15) is 0 Å². The Balaban J connectivity index is 0.000000187. The van der Waals surface area contributed by atoms with Crippen LogP contribution in [0, 0.1) is 13.0 Å². The maximum Gasteiger partial charge on any atom is 0.0704 e. The van der Waals surface area contributed by atoms with Gasteiger partial charge in [0.05, 0.1) is 5.69 Å². The van der Waals surface area contributed by atoms with Gasteiger partial charge in [0.1, 0.15) is 0 Å². The van der Waals surface area contributed by atoms with Crippen LogP contribution < -0.4 is 0 Å². The van der Waals surface area contributed by atoms with Crippen LogP contribution in [0.5, 0.6) is 0 Å². The first-order valence-corrected chi connectivity index (χ1v) is 8.61. The monoisotopic (exact) mass is 530 g/mol. The number of para-hydroxylation sites is 1. The molecule has 2 heterocycles. The Bertz CT molecular complexity index is 1010. The molecule has 0 N–H and O–H groups in total. The zero-order valence-corrected chi connectivity index (χ0v) is 17.8. The van der Waals surface area contributed by atoms with Gasteiger partial charge in [0.15, 0.2) is 0 Å². The van der Waals surface area contributed by atoms with Crippen LogP contribution in [0.4, 0.5) is 0 Å². The Labute approximate surface area is 174 Å². The zero-order valence-electron chi connectivity index (χ0n) is 15.4. The van der Waals surface area contributed by atoms with E-state index in [1.54, 1.807) is 0 Å². The molecule has 0 amide bonds. The van der Waals surface area contributed by atoms with E-state index in [1.165, 1.54) is 16.5 Å². The van der Waals surface area contributed by atoms with Gasteiger partial charge >= 0.3 is 0 Å². The molecular formula is C24H21IrN2-. The van der Waals surface area contributed by atoms with Crippen molar-refractivity contribution in [2.24, 2.45) is 0 Å². The van der Waals surface area contributed by atoms with E-state index in [0.29, 0.717) is 0 Å². The van der Waals surface area contributed by atoms with Crippen LogP contribution in [-0.2, 0) is 20.1 Å². The summed E-state index contributed by atoms with van der Waals surface area (Å²) in [7, 11) is 0. The Morgan fingerprint density at radius 1 is 0.815 bits per heavy atom. The molecule has 0 aliphatic rings. The molecule has 1 radical (unpaired) electrons. The second kappa shape index (κ2) is 10.5. The van der Waals surface area contributed by atoms with Crippen molar-refractivity contribution in [2.75, 3.05) is 0 Å². The largest absolute Gasteiger partial charge is 0.344 e. The molecule has 2 nitrogen and oxygen atoms in total. The second-order valence-electron chi connectivity index (χ2n) is 5.89. The summed E-state index contributed by atoms with van der Waals surface area (Å²) in [5.74, 6) is 0. The molecule has 137 valence electrons. The molecule has 4 rings (SSSR count). The zero-order chi connectivity index (χ0) is 18.2. The number of rotatable bonds is 2. The van der Waals surface area contributed by atoms with Crippen LogP contribution in [0.25, 0.3) is 28.2 Å². The number of nitrogens with zero attached hydrogens (tertiary/aromatic N) is 2. The first-order valence-electron chi connectivity index (χ1n) is 8.61. The van der Waals surface area contributed by atoms with Crippen LogP contribution in [-0.4, -0.2) is 9.97 Å². The number of aromatic nitrogens is 2. The molecule has 0 saturated carbocycles. The number of allylic oxidation sites excluding steroid dienone is 1. The van der Waals surface area contributed by atoms with Crippen molar-refractivity contribution in [3.05, 3.63) is 102 Å². The van der Waals surface area contributed by atoms with Crippen molar-refractivity contribution < 1.29 is 20.1 Å². The van der Waals surface area contributed by atoms with Crippen LogP contribution in [0.3, 0.4) is 0 Å². The number of aryl methyl sites for hydroxylation is 1. The third-order valence-corrected chi connectivity index (χ3v) is 4.00. The molecule has 0 fully saturated rings. The molecule has 0 atom stereocenters. The maximum absolute atomic E-state index is 4.45. The summed E-state index contributed by atoms with van der Waals surface area (Å²) in [6.07, 6.45) is 6.66. The average molecular weight is 530 g/mol. The molecule has 27 heavy (non-hydrogen) atoms. The van der Waals surface area contributed by atoms with Crippen LogP contribution in [0.15, 0.2) is 85.1 Å². The normalized spacial score (nSPS) is 10.1.